The first kappa shape index (κ1) is 32.9. The summed E-state index contributed by atoms with van der Waals surface area (Å²) >= 11 is 0. The minimum atomic E-state index is -0.622. The molecule has 0 bridgehead atoms. The Morgan fingerprint density at radius 3 is 1.67 bits per heavy atom. The molecule has 2 aliphatic rings. The number of carbonyl (C=O) groups is 2. The summed E-state index contributed by atoms with van der Waals surface area (Å²) in [6.07, 6.45) is -2.07. The second-order valence-electron chi connectivity index (χ2n) is 10.9. The van der Waals surface area contributed by atoms with Crippen molar-refractivity contribution >= 4 is 11.9 Å². The zero-order valence-electron chi connectivity index (χ0n) is 26.3. The van der Waals surface area contributed by atoms with Crippen molar-refractivity contribution in [2.45, 2.75) is 37.6 Å². The van der Waals surface area contributed by atoms with Crippen molar-refractivity contribution in [3.05, 3.63) is 119 Å². The number of rotatable bonds is 14. The van der Waals surface area contributed by atoms with Crippen molar-refractivity contribution in [1.82, 2.24) is 0 Å². The molecule has 6 rings (SSSR count). The lowest BCUT2D eigenvalue weighted by Gasteiger charge is -2.17. The maximum atomic E-state index is 12.9. The summed E-state index contributed by atoms with van der Waals surface area (Å²) in [7, 11) is 3.16. The van der Waals surface area contributed by atoms with Crippen LogP contribution in [0.1, 0.15) is 31.8 Å². The largest absolute Gasteiger partial charge is 0.497 e. The molecule has 0 spiro atoms. The van der Waals surface area contributed by atoms with Gasteiger partial charge >= 0.3 is 11.9 Å². The van der Waals surface area contributed by atoms with Crippen molar-refractivity contribution in [3.63, 3.8) is 0 Å². The number of hydrogen-bond acceptors (Lipinski definition) is 12. The molecule has 0 N–H and O–H groups in total. The Morgan fingerprint density at radius 1 is 0.583 bits per heavy atom. The number of benzene rings is 4. The Bertz CT molecular complexity index is 1640. The van der Waals surface area contributed by atoms with E-state index in [1.165, 1.54) is 24.3 Å². The summed E-state index contributed by atoms with van der Waals surface area (Å²) in [6, 6.07) is 27.4. The predicted octanol–water partition coefficient (Wildman–Crippen LogP) is 5.27. The standard InChI is InChI=1S/C36H34O12/c1-39-27-11-3-23(4-12-27)19-43-47-30-13-5-24(6-14-30)20-44-48-32-22-42-33-31(21-41-34(32)33)46-36(38)26-9-17-29(18-10-26)45-35(37)25-7-15-28(40-2)16-8-25/h3-18,31-34H,19-22H2,1-2H3. The lowest BCUT2D eigenvalue weighted by molar-refractivity contribution is -0.341. The van der Waals surface area contributed by atoms with Crippen LogP contribution in [0.15, 0.2) is 97.1 Å². The van der Waals surface area contributed by atoms with Gasteiger partial charge in [0.25, 0.3) is 0 Å². The molecule has 0 radical (unpaired) electrons. The zero-order chi connectivity index (χ0) is 33.3. The van der Waals surface area contributed by atoms with E-state index in [1.54, 1.807) is 50.6 Å². The van der Waals surface area contributed by atoms with Crippen molar-refractivity contribution < 1.29 is 57.6 Å². The molecular formula is C36H34O12. The number of methoxy groups -OCH3 is 2. The van der Waals surface area contributed by atoms with E-state index in [0.29, 0.717) is 17.1 Å². The molecule has 2 fully saturated rings. The van der Waals surface area contributed by atoms with E-state index >= 15 is 0 Å². The van der Waals surface area contributed by atoms with E-state index in [1.807, 2.05) is 36.4 Å². The quantitative estimate of drug-likeness (QED) is 0.0758. The summed E-state index contributed by atoms with van der Waals surface area (Å²) in [5, 5.41) is 0. The van der Waals surface area contributed by atoms with Gasteiger partial charge < -0.3 is 33.3 Å². The maximum absolute atomic E-state index is 12.9. The van der Waals surface area contributed by atoms with Crippen LogP contribution in [0.3, 0.4) is 0 Å². The van der Waals surface area contributed by atoms with Crippen LogP contribution in [-0.2, 0) is 42.1 Å². The van der Waals surface area contributed by atoms with Gasteiger partial charge in [-0.25, -0.2) is 19.4 Å². The van der Waals surface area contributed by atoms with Gasteiger partial charge in [-0.15, -0.1) is 0 Å². The normalized spacial score (nSPS) is 19.7. The maximum Gasteiger partial charge on any atom is 0.343 e. The van der Waals surface area contributed by atoms with E-state index < -0.39 is 36.4 Å². The van der Waals surface area contributed by atoms with Gasteiger partial charge in [0.15, 0.2) is 11.9 Å². The van der Waals surface area contributed by atoms with E-state index in [-0.39, 0.29) is 37.7 Å². The highest BCUT2D eigenvalue weighted by atomic mass is 17.2. The first-order valence-corrected chi connectivity index (χ1v) is 15.2. The molecule has 4 unspecified atom stereocenters. The Balaban J connectivity index is 0.904. The molecule has 2 aliphatic heterocycles. The number of ether oxygens (including phenoxy) is 6. The van der Waals surface area contributed by atoms with E-state index in [9.17, 15) is 9.59 Å². The Kier molecular flexibility index (Phi) is 10.8. The third-order valence-corrected chi connectivity index (χ3v) is 7.73. The molecule has 0 aliphatic carbocycles. The molecule has 2 heterocycles. The van der Waals surface area contributed by atoms with Crippen LogP contribution in [0, 0.1) is 0 Å². The Labute approximate surface area is 276 Å². The topological polar surface area (TPSA) is 126 Å². The van der Waals surface area contributed by atoms with Crippen LogP contribution in [0.2, 0.25) is 0 Å². The highest BCUT2D eigenvalue weighted by Crippen LogP contribution is 2.31. The minimum Gasteiger partial charge on any atom is -0.497 e. The molecule has 12 nitrogen and oxygen atoms in total. The average molecular weight is 659 g/mol. The highest BCUT2D eigenvalue weighted by molar-refractivity contribution is 5.92. The lowest BCUT2D eigenvalue weighted by atomic mass is 10.1. The third-order valence-electron chi connectivity index (χ3n) is 7.73. The molecule has 4 atom stereocenters. The number of esters is 2. The summed E-state index contributed by atoms with van der Waals surface area (Å²) in [5.41, 5.74) is 2.46. The van der Waals surface area contributed by atoms with Crippen molar-refractivity contribution in [2.24, 2.45) is 0 Å². The van der Waals surface area contributed by atoms with Gasteiger partial charge in [0.2, 0.25) is 0 Å². The number of carbonyl (C=O) groups excluding carboxylic acids is 2. The summed E-state index contributed by atoms with van der Waals surface area (Å²) < 4.78 is 33.0. The molecule has 0 aromatic heterocycles. The van der Waals surface area contributed by atoms with E-state index in [2.05, 4.69) is 0 Å². The SMILES string of the molecule is COc1ccc(COOc2ccc(COOC3COC4C(OC(=O)c5ccc(OC(=O)c6ccc(OC)cc6)cc5)COC34)cc2)cc1. The number of fused-ring (bicyclic) bond motifs is 1. The molecule has 4 aromatic rings. The first-order chi connectivity index (χ1) is 23.5. The summed E-state index contributed by atoms with van der Waals surface area (Å²) in [5.74, 6) is 1.15. The zero-order valence-corrected chi connectivity index (χ0v) is 26.3. The van der Waals surface area contributed by atoms with Crippen LogP contribution in [0.5, 0.6) is 23.0 Å². The fourth-order valence-corrected chi connectivity index (χ4v) is 5.09. The first-order valence-electron chi connectivity index (χ1n) is 15.2. The third kappa shape index (κ3) is 8.29. The van der Waals surface area contributed by atoms with Crippen LogP contribution in [0.25, 0.3) is 0 Å². The molecule has 12 heteroatoms. The van der Waals surface area contributed by atoms with Gasteiger partial charge in [-0.2, -0.15) is 4.89 Å². The van der Waals surface area contributed by atoms with Crippen molar-refractivity contribution in [2.75, 3.05) is 27.4 Å². The fraction of sp³-hybridized carbons (Fsp3) is 0.278. The van der Waals surface area contributed by atoms with Gasteiger partial charge in [0, 0.05) is 0 Å². The molecule has 0 saturated carbocycles. The molecule has 48 heavy (non-hydrogen) atoms. The molecule has 4 aromatic carbocycles. The summed E-state index contributed by atoms with van der Waals surface area (Å²) in [6.45, 7) is 0.843. The summed E-state index contributed by atoms with van der Waals surface area (Å²) in [4.78, 5) is 47.0. The van der Waals surface area contributed by atoms with Crippen molar-refractivity contribution in [1.29, 1.82) is 0 Å². The Hall–Kier alpha value is -4.98. The van der Waals surface area contributed by atoms with Gasteiger partial charge in [0.05, 0.1) is 38.6 Å². The second-order valence-corrected chi connectivity index (χ2v) is 10.9. The van der Waals surface area contributed by atoms with Crippen LogP contribution in [0.4, 0.5) is 0 Å². The van der Waals surface area contributed by atoms with Crippen LogP contribution in [-0.4, -0.2) is 63.8 Å². The van der Waals surface area contributed by atoms with E-state index in [0.717, 1.165) is 16.9 Å². The van der Waals surface area contributed by atoms with Crippen LogP contribution < -0.4 is 19.1 Å². The molecular weight excluding hydrogens is 624 g/mol. The van der Waals surface area contributed by atoms with Gasteiger partial charge in [-0.05, 0) is 83.9 Å². The second kappa shape index (κ2) is 15.7. The van der Waals surface area contributed by atoms with Gasteiger partial charge in [-0.1, -0.05) is 24.3 Å². The number of hydrogen-bond donors (Lipinski definition) is 0. The highest BCUT2D eigenvalue weighted by Gasteiger charge is 2.50. The smallest absolute Gasteiger partial charge is 0.343 e. The monoisotopic (exact) mass is 658 g/mol. The van der Waals surface area contributed by atoms with Crippen LogP contribution >= 0.6 is 0 Å². The molecule has 250 valence electrons. The predicted molar refractivity (Wildman–Crippen MR) is 168 cm³/mol. The van der Waals surface area contributed by atoms with Gasteiger partial charge in [-0.3, -0.25) is 0 Å². The van der Waals surface area contributed by atoms with E-state index in [4.69, 9.17) is 48.0 Å². The average Bonchev–Trinajstić information content (AvgIpc) is 3.72. The van der Waals surface area contributed by atoms with Gasteiger partial charge in [0.1, 0.15) is 48.8 Å². The lowest BCUT2D eigenvalue weighted by Crippen LogP contribution is -2.35. The minimum absolute atomic E-state index is 0.153. The molecule has 2 saturated heterocycles. The fourth-order valence-electron chi connectivity index (χ4n) is 5.09. The molecule has 0 amide bonds. The Morgan fingerprint density at radius 2 is 1.06 bits per heavy atom. The van der Waals surface area contributed by atoms with Crippen molar-refractivity contribution in [3.8, 4) is 23.0 Å².